The number of benzene rings is 1. The molecule has 0 bridgehead atoms. The SMILES string of the molecule is [B]c1cnc(N)c(O[C@H](C)c2c(Cl)ccc(F)c2Cl)n1. The maximum atomic E-state index is 13.5. The summed E-state index contributed by atoms with van der Waals surface area (Å²) in [4.78, 5) is 7.72. The van der Waals surface area contributed by atoms with Gasteiger partial charge in [-0.3, -0.25) is 0 Å². The largest absolute Gasteiger partial charge is 0.467 e. The van der Waals surface area contributed by atoms with Gasteiger partial charge in [-0.2, -0.15) is 0 Å². The molecule has 2 aromatic rings. The molecule has 1 aromatic carbocycles. The van der Waals surface area contributed by atoms with E-state index >= 15 is 0 Å². The highest BCUT2D eigenvalue weighted by Gasteiger charge is 2.20. The Bertz CT molecular complexity index is 657. The summed E-state index contributed by atoms with van der Waals surface area (Å²) in [7, 11) is 5.50. The van der Waals surface area contributed by atoms with E-state index in [1.807, 2.05) is 0 Å². The van der Waals surface area contributed by atoms with Crippen LogP contribution >= 0.6 is 23.2 Å². The summed E-state index contributed by atoms with van der Waals surface area (Å²) in [5.74, 6) is -0.489. The molecule has 102 valence electrons. The highest BCUT2D eigenvalue weighted by Crippen LogP contribution is 2.34. The third kappa shape index (κ3) is 2.97. The number of rotatable bonds is 3. The first-order chi connectivity index (χ1) is 9.40. The van der Waals surface area contributed by atoms with Crippen LogP contribution in [0.25, 0.3) is 0 Å². The van der Waals surface area contributed by atoms with Gasteiger partial charge in [-0.25, -0.2) is 14.4 Å². The monoisotopic (exact) mass is 311 g/mol. The summed E-state index contributed by atoms with van der Waals surface area (Å²) in [6.45, 7) is 1.64. The van der Waals surface area contributed by atoms with Crippen LogP contribution < -0.4 is 16.1 Å². The van der Waals surface area contributed by atoms with Crippen LogP contribution in [-0.2, 0) is 0 Å². The van der Waals surface area contributed by atoms with Crippen LogP contribution in [0, 0.1) is 5.82 Å². The number of anilines is 1. The third-order valence-corrected chi connectivity index (χ3v) is 3.27. The van der Waals surface area contributed by atoms with Crippen LogP contribution in [0.4, 0.5) is 10.2 Å². The van der Waals surface area contributed by atoms with Crippen molar-refractivity contribution in [2.24, 2.45) is 0 Å². The molecule has 0 aliphatic rings. The fourth-order valence-corrected chi connectivity index (χ4v) is 2.30. The first kappa shape index (κ1) is 14.9. The molecule has 1 heterocycles. The zero-order valence-electron chi connectivity index (χ0n) is 10.4. The second kappa shape index (κ2) is 5.85. The van der Waals surface area contributed by atoms with Crippen molar-refractivity contribution in [3.63, 3.8) is 0 Å². The number of nitrogens with zero attached hydrogens (tertiary/aromatic N) is 2. The number of aromatic nitrogens is 2. The topological polar surface area (TPSA) is 61.0 Å². The molecule has 0 fully saturated rings. The number of nitrogen functional groups attached to an aromatic ring is 1. The average molecular weight is 312 g/mol. The highest BCUT2D eigenvalue weighted by atomic mass is 35.5. The maximum absolute atomic E-state index is 13.5. The lowest BCUT2D eigenvalue weighted by atomic mass is 10.1. The van der Waals surface area contributed by atoms with E-state index in [1.165, 1.54) is 18.3 Å². The van der Waals surface area contributed by atoms with Crippen molar-refractivity contribution in [3.8, 4) is 5.88 Å². The standard InChI is InChI=1S/C12H9BCl2FN3O/c1-5(9-6(14)2-3-7(16)10(9)15)20-12-11(17)18-4-8(13)19-12/h2-5H,1H3,(H2,17,18)/t5-/m1/s1. The molecule has 2 rings (SSSR count). The van der Waals surface area contributed by atoms with E-state index in [-0.39, 0.29) is 27.3 Å². The fraction of sp³-hybridized carbons (Fsp3) is 0.167. The van der Waals surface area contributed by atoms with Gasteiger partial charge < -0.3 is 10.5 Å². The van der Waals surface area contributed by atoms with Gasteiger partial charge in [-0.05, 0) is 19.1 Å². The number of hydrogen-bond donors (Lipinski definition) is 1. The minimum atomic E-state index is -0.677. The minimum Gasteiger partial charge on any atom is -0.467 e. The highest BCUT2D eigenvalue weighted by molar-refractivity contribution is 6.36. The Labute approximate surface area is 126 Å². The molecule has 0 saturated carbocycles. The van der Waals surface area contributed by atoms with Crippen molar-refractivity contribution in [2.75, 3.05) is 5.73 Å². The van der Waals surface area contributed by atoms with Crippen LogP contribution in [-0.4, -0.2) is 17.8 Å². The summed E-state index contributed by atoms with van der Waals surface area (Å²) in [5, 5.41) is 0.166. The second-order valence-electron chi connectivity index (χ2n) is 4.00. The van der Waals surface area contributed by atoms with Crippen LogP contribution in [0.2, 0.25) is 10.0 Å². The molecule has 0 aliphatic carbocycles. The molecule has 1 aromatic heterocycles. The first-order valence-corrected chi connectivity index (χ1v) is 6.33. The molecule has 8 heteroatoms. The zero-order valence-corrected chi connectivity index (χ0v) is 11.9. The number of halogens is 3. The fourth-order valence-electron chi connectivity index (χ4n) is 1.62. The predicted molar refractivity (Wildman–Crippen MR) is 77.3 cm³/mol. The quantitative estimate of drug-likeness (QED) is 0.698. The van der Waals surface area contributed by atoms with Gasteiger partial charge in [0.2, 0.25) is 0 Å². The Morgan fingerprint density at radius 1 is 1.40 bits per heavy atom. The third-order valence-electron chi connectivity index (χ3n) is 2.56. The number of hydrogen-bond acceptors (Lipinski definition) is 4. The number of nitrogens with two attached hydrogens (primary N) is 1. The Kier molecular flexibility index (Phi) is 4.35. The lowest BCUT2D eigenvalue weighted by molar-refractivity contribution is 0.218. The Balaban J connectivity index is 2.35. The van der Waals surface area contributed by atoms with Crippen molar-refractivity contribution >= 4 is 42.5 Å². The molecule has 0 amide bonds. The van der Waals surface area contributed by atoms with Crippen molar-refractivity contribution in [3.05, 3.63) is 39.8 Å². The Morgan fingerprint density at radius 3 is 2.80 bits per heavy atom. The molecule has 1 atom stereocenters. The van der Waals surface area contributed by atoms with Gasteiger partial charge >= 0.3 is 0 Å². The van der Waals surface area contributed by atoms with E-state index in [0.717, 1.165) is 0 Å². The molecule has 2 radical (unpaired) electrons. The van der Waals surface area contributed by atoms with Crippen LogP contribution in [0.5, 0.6) is 5.88 Å². The molecule has 0 spiro atoms. The van der Waals surface area contributed by atoms with Crippen molar-refractivity contribution in [1.29, 1.82) is 0 Å². The van der Waals surface area contributed by atoms with E-state index in [9.17, 15) is 4.39 Å². The molecule has 0 saturated heterocycles. The lowest BCUT2D eigenvalue weighted by Crippen LogP contribution is -2.15. The molecular weight excluding hydrogens is 303 g/mol. The Morgan fingerprint density at radius 2 is 2.10 bits per heavy atom. The zero-order chi connectivity index (χ0) is 14.9. The van der Waals surface area contributed by atoms with E-state index in [4.69, 9.17) is 41.5 Å². The van der Waals surface area contributed by atoms with Gasteiger partial charge in [0.15, 0.2) is 5.82 Å². The van der Waals surface area contributed by atoms with Gasteiger partial charge in [-0.15, -0.1) is 0 Å². The average Bonchev–Trinajstić information content (AvgIpc) is 2.39. The molecule has 20 heavy (non-hydrogen) atoms. The molecule has 2 N–H and O–H groups in total. The molecular formula is C12H9BCl2FN3O. The van der Waals surface area contributed by atoms with Gasteiger partial charge in [0.1, 0.15) is 19.8 Å². The first-order valence-electron chi connectivity index (χ1n) is 5.58. The van der Waals surface area contributed by atoms with Crippen molar-refractivity contribution in [1.82, 2.24) is 9.97 Å². The lowest BCUT2D eigenvalue weighted by Gasteiger charge is -2.18. The predicted octanol–water partition coefficient (Wildman–Crippen LogP) is 2.44. The summed E-state index contributed by atoms with van der Waals surface area (Å²) in [6.07, 6.45) is 0.624. The van der Waals surface area contributed by atoms with Crippen molar-refractivity contribution in [2.45, 2.75) is 13.0 Å². The molecule has 4 nitrogen and oxygen atoms in total. The normalized spacial score (nSPS) is 12.2. The Hall–Kier alpha value is -1.53. The maximum Gasteiger partial charge on any atom is 0.257 e. The van der Waals surface area contributed by atoms with Gasteiger partial charge in [-0.1, -0.05) is 23.2 Å². The van der Waals surface area contributed by atoms with E-state index in [2.05, 4.69) is 9.97 Å². The van der Waals surface area contributed by atoms with Crippen LogP contribution in [0.15, 0.2) is 18.3 Å². The molecule has 0 aliphatic heterocycles. The van der Waals surface area contributed by atoms with E-state index < -0.39 is 11.9 Å². The van der Waals surface area contributed by atoms with Crippen LogP contribution in [0.1, 0.15) is 18.6 Å². The smallest absolute Gasteiger partial charge is 0.257 e. The second-order valence-corrected chi connectivity index (χ2v) is 4.79. The van der Waals surface area contributed by atoms with Gasteiger partial charge in [0.25, 0.3) is 5.88 Å². The molecule has 0 unspecified atom stereocenters. The van der Waals surface area contributed by atoms with E-state index in [1.54, 1.807) is 6.92 Å². The summed E-state index contributed by atoms with van der Waals surface area (Å²) in [5.41, 5.74) is 6.08. The summed E-state index contributed by atoms with van der Waals surface area (Å²) >= 11 is 11.9. The number of ether oxygens (including phenoxy) is 1. The minimum absolute atomic E-state index is 0.0360. The van der Waals surface area contributed by atoms with Gasteiger partial charge in [0, 0.05) is 22.4 Å². The summed E-state index contributed by atoms with van der Waals surface area (Å²) < 4.78 is 19.0. The van der Waals surface area contributed by atoms with Crippen LogP contribution in [0.3, 0.4) is 0 Å². The van der Waals surface area contributed by atoms with Crippen molar-refractivity contribution < 1.29 is 9.13 Å². The summed E-state index contributed by atoms with van der Waals surface area (Å²) in [6, 6.07) is 2.57. The van der Waals surface area contributed by atoms with E-state index in [0.29, 0.717) is 5.56 Å². The van der Waals surface area contributed by atoms with Gasteiger partial charge in [0.05, 0.1) is 5.02 Å².